The molecule has 1 unspecified atom stereocenters. The van der Waals surface area contributed by atoms with E-state index in [1.54, 1.807) is 0 Å². The highest BCUT2D eigenvalue weighted by Gasteiger charge is 2.48. The van der Waals surface area contributed by atoms with Crippen LogP contribution in [0, 0.1) is 22.2 Å². The quantitative estimate of drug-likeness (QED) is 0.798. The van der Waals surface area contributed by atoms with Gasteiger partial charge in [-0.25, -0.2) is 0 Å². The second-order valence-corrected chi connectivity index (χ2v) is 7.42. The van der Waals surface area contributed by atoms with Crippen molar-refractivity contribution < 1.29 is 4.79 Å². The molecule has 1 amide bonds. The molecule has 0 saturated carbocycles. The van der Waals surface area contributed by atoms with Crippen molar-refractivity contribution in [2.75, 3.05) is 0 Å². The Bertz CT molecular complexity index is 575. The molecule has 0 aromatic rings. The Morgan fingerprint density at radius 3 is 2.25 bits per heavy atom. The molecule has 20 heavy (non-hydrogen) atoms. The minimum absolute atomic E-state index is 0.0627. The Balaban J connectivity index is 2.38. The fraction of sp³-hybridized carbons (Fsp3) is 0.688. The molecule has 0 aromatic heterocycles. The van der Waals surface area contributed by atoms with E-state index in [4.69, 9.17) is 0 Å². The van der Waals surface area contributed by atoms with Crippen LogP contribution >= 0.6 is 0 Å². The molecule has 0 aliphatic carbocycles. The molecule has 0 aromatic carbocycles. The molecule has 0 spiro atoms. The molecule has 1 atom stereocenters. The monoisotopic (exact) mass is 273 g/mol. The molecular formula is C16H23N3O. The average molecular weight is 273 g/mol. The lowest BCUT2D eigenvalue weighted by Gasteiger charge is -2.29. The molecule has 1 fully saturated rings. The summed E-state index contributed by atoms with van der Waals surface area (Å²) in [5, 5.41) is 12.4. The van der Waals surface area contributed by atoms with E-state index in [0.717, 1.165) is 23.4 Å². The number of allylic oxidation sites excluding steroid dienone is 2. The summed E-state index contributed by atoms with van der Waals surface area (Å²) >= 11 is 0. The zero-order chi connectivity index (χ0) is 15.3. The Kier molecular flexibility index (Phi) is 3.09. The van der Waals surface area contributed by atoms with Crippen LogP contribution in [-0.4, -0.2) is 17.2 Å². The fourth-order valence-corrected chi connectivity index (χ4v) is 2.72. The fourth-order valence-electron chi connectivity index (χ4n) is 2.72. The van der Waals surface area contributed by atoms with Gasteiger partial charge in [0.05, 0.1) is 6.07 Å². The summed E-state index contributed by atoms with van der Waals surface area (Å²) in [6.07, 6.45) is 1.48. The van der Waals surface area contributed by atoms with Crippen LogP contribution in [0.4, 0.5) is 0 Å². The molecule has 108 valence electrons. The maximum absolute atomic E-state index is 11.9. The zero-order valence-electron chi connectivity index (χ0n) is 13.2. The third-order valence-corrected chi connectivity index (χ3v) is 4.89. The van der Waals surface area contributed by atoms with E-state index in [1.165, 1.54) is 0 Å². The van der Waals surface area contributed by atoms with Crippen molar-refractivity contribution in [3.63, 3.8) is 0 Å². The van der Waals surface area contributed by atoms with Crippen molar-refractivity contribution in [3.05, 3.63) is 11.3 Å². The highest BCUT2D eigenvalue weighted by Crippen LogP contribution is 2.45. The van der Waals surface area contributed by atoms with Gasteiger partial charge in [-0.3, -0.25) is 9.79 Å². The summed E-state index contributed by atoms with van der Waals surface area (Å²) in [4.78, 5) is 16.6. The second kappa shape index (κ2) is 4.18. The van der Waals surface area contributed by atoms with Gasteiger partial charge in [-0.1, -0.05) is 27.7 Å². The molecule has 2 rings (SSSR count). The van der Waals surface area contributed by atoms with Crippen LogP contribution in [0.25, 0.3) is 0 Å². The predicted molar refractivity (Wildman–Crippen MR) is 79.1 cm³/mol. The van der Waals surface area contributed by atoms with Crippen LogP contribution < -0.4 is 5.32 Å². The second-order valence-electron chi connectivity index (χ2n) is 7.42. The van der Waals surface area contributed by atoms with Gasteiger partial charge in [-0.05, 0) is 25.8 Å². The van der Waals surface area contributed by atoms with E-state index in [2.05, 4.69) is 30.2 Å². The largest absolute Gasteiger partial charge is 0.329 e. The van der Waals surface area contributed by atoms with Crippen molar-refractivity contribution in [3.8, 4) is 6.07 Å². The number of carbonyl (C=O) groups is 1. The number of nitrogens with zero attached hydrogens (tertiary/aromatic N) is 2. The topological polar surface area (TPSA) is 65.2 Å². The standard InChI is InChI=1S/C16H23N3O/c1-10(11-7-14(2,3)13(20)18-11)12-8-15(4,5)16(6,9-17)19-12/h7-8H2,1-6H3,(H,18,20)/b11-10-. The van der Waals surface area contributed by atoms with Gasteiger partial charge in [0.15, 0.2) is 0 Å². The zero-order valence-corrected chi connectivity index (χ0v) is 13.2. The summed E-state index contributed by atoms with van der Waals surface area (Å²) in [6.45, 7) is 11.9. The lowest BCUT2D eigenvalue weighted by Crippen LogP contribution is -2.34. The molecule has 2 aliphatic heterocycles. The summed E-state index contributed by atoms with van der Waals surface area (Å²) in [5.41, 5.74) is 1.70. The number of rotatable bonds is 1. The van der Waals surface area contributed by atoms with Crippen LogP contribution in [0.15, 0.2) is 16.3 Å². The highest BCUT2D eigenvalue weighted by atomic mass is 16.2. The van der Waals surface area contributed by atoms with Gasteiger partial charge < -0.3 is 5.32 Å². The Labute approximate surface area is 121 Å². The summed E-state index contributed by atoms with van der Waals surface area (Å²) < 4.78 is 0. The van der Waals surface area contributed by atoms with Crippen LogP contribution in [0.1, 0.15) is 54.4 Å². The molecule has 1 saturated heterocycles. The Hall–Kier alpha value is -1.63. The first-order valence-corrected chi connectivity index (χ1v) is 7.04. The van der Waals surface area contributed by atoms with E-state index < -0.39 is 5.54 Å². The minimum Gasteiger partial charge on any atom is -0.329 e. The summed E-state index contributed by atoms with van der Waals surface area (Å²) in [6, 6.07) is 2.33. The maximum Gasteiger partial charge on any atom is 0.230 e. The van der Waals surface area contributed by atoms with Gasteiger partial charge in [-0.15, -0.1) is 0 Å². The SMILES string of the molecule is C/C(C1=NC(C)(C#N)C(C)(C)C1)=C1\CC(C)(C)C(=O)N1. The first kappa shape index (κ1) is 14.8. The molecular weight excluding hydrogens is 250 g/mol. The number of nitrogens with one attached hydrogen (secondary N) is 1. The third-order valence-electron chi connectivity index (χ3n) is 4.89. The number of hydrogen-bond donors (Lipinski definition) is 1. The van der Waals surface area contributed by atoms with Crippen LogP contribution in [0.2, 0.25) is 0 Å². The number of nitriles is 1. The number of hydrogen-bond acceptors (Lipinski definition) is 3. The summed E-state index contributed by atoms with van der Waals surface area (Å²) in [5.74, 6) is 0.0627. The van der Waals surface area contributed by atoms with E-state index in [0.29, 0.717) is 6.42 Å². The maximum atomic E-state index is 11.9. The molecule has 4 heteroatoms. The molecule has 4 nitrogen and oxygen atoms in total. The molecule has 1 N–H and O–H groups in total. The molecule has 0 bridgehead atoms. The van der Waals surface area contributed by atoms with Gasteiger partial charge in [0, 0.05) is 28.7 Å². The lowest BCUT2D eigenvalue weighted by molar-refractivity contribution is -0.125. The van der Waals surface area contributed by atoms with Crippen molar-refractivity contribution in [2.24, 2.45) is 15.8 Å². The van der Waals surface area contributed by atoms with E-state index in [1.807, 2.05) is 27.7 Å². The van der Waals surface area contributed by atoms with Crippen molar-refractivity contribution >= 4 is 11.6 Å². The molecule has 2 heterocycles. The molecule has 0 radical (unpaired) electrons. The van der Waals surface area contributed by atoms with E-state index in [-0.39, 0.29) is 16.7 Å². The first-order chi connectivity index (χ1) is 9.02. The van der Waals surface area contributed by atoms with Crippen LogP contribution in [-0.2, 0) is 4.79 Å². The highest BCUT2D eigenvalue weighted by molar-refractivity contribution is 6.04. The third kappa shape index (κ3) is 2.06. The van der Waals surface area contributed by atoms with E-state index >= 15 is 0 Å². The minimum atomic E-state index is -0.692. The van der Waals surface area contributed by atoms with Gasteiger partial charge >= 0.3 is 0 Å². The number of amides is 1. The number of aliphatic imine (C=N–C) groups is 1. The first-order valence-electron chi connectivity index (χ1n) is 7.04. The Morgan fingerprint density at radius 1 is 1.25 bits per heavy atom. The normalized spacial score (nSPS) is 33.5. The van der Waals surface area contributed by atoms with Crippen LogP contribution in [0.3, 0.4) is 0 Å². The van der Waals surface area contributed by atoms with E-state index in [9.17, 15) is 10.1 Å². The smallest absolute Gasteiger partial charge is 0.230 e. The van der Waals surface area contributed by atoms with Gasteiger partial charge in [-0.2, -0.15) is 5.26 Å². The predicted octanol–water partition coefficient (Wildman–Crippen LogP) is 2.96. The van der Waals surface area contributed by atoms with Crippen molar-refractivity contribution in [1.29, 1.82) is 5.26 Å². The lowest BCUT2D eigenvalue weighted by atomic mass is 9.74. The average Bonchev–Trinajstić information content (AvgIpc) is 2.74. The van der Waals surface area contributed by atoms with Gasteiger partial charge in [0.2, 0.25) is 5.91 Å². The number of carbonyl (C=O) groups excluding carboxylic acids is 1. The summed E-state index contributed by atoms with van der Waals surface area (Å²) in [7, 11) is 0. The Morgan fingerprint density at radius 2 is 1.85 bits per heavy atom. The van der Waals surface area contributed by atoms with Gasteiger partial charge in [0.1, 0.15) is 5.54 Å². The van der Waals surface area contributed by atoms with Crippen molar-refractivity contribution in [1.82, 2.24) is 5.32 Å². The molecule has 2 aliphatic rings. The van der Waals surface area contributed by atoms with Crippen molar-refractivity contribution in [2.45, 2.75) is 59.9 Å². The van der Waals surface area contributed by atoms with Crippen LogP contribution in [0.5, 0.6) is 0 Å². The van der Waals surface area contributed by atoms with Gasteiger partial charge in [0.25, 0.3) is 0 Å².